The molecule has 14 heteroatoms. The number of nitrogens with two attached hydrogens (primary N) is 3. The van der Waals surface area contributed by atoms with Crippen molar-refractivity contribution in [2.24, 2.45) is 17.2 Å². The van der Waals surface area contributed by atoms with Crippen molar-refractivity contribution >= 4 is 29.5 Å². The Hall–Kier alpha value is -3.52. The summed E-state index contributed by atoms with van der Waals surface area (Å²) in [6.45, 7) is 2.53. The quantitative estimate of drug-likeness (QED) is 0.0796. The number of carbonyl (C=O) groups is 5. The molecule has 3 atom stereocenters. The van der Waals surface area contributed by atoms with Crippen LogP contribution in [-0.4, -0.2) is 77.3 Å². The number of hydrogen-bond donors (Lipinski definition) is 8. The molecule has 0 fully saturated rings. The second-order valence-electron chi connectivity index (χ2n) is 9.73. The van der Waals surface area contributed by atoms with Crippen molar-refractivity contribution in [3.8, 4) is 0 Å². The predicted molar refractivity (Wildman–Crippen MR) is 150 cm³/mol. The molecule has 1 rings (SSSR count). The van der Waals surface area contributed by atoms with Gasteiger partial charge in [0.2, 0.25) is 29.5 Å². The van der Waals surface area contributed by atoms with Crippen molar-refractivity contribution in [2.45, 2.75) is 95.7 Å². The minimum Gasteiger partial charge on any atom is -0.368 e. The van der Waals surface area contributed by atoms with Gasteiger partial charge < -0.3 is 43.5 Å². The smallest absolute Gasteiger partial charge is 0.243 e. The van der Waals surface area contributed by atoms with E-state index < -0.39 is 48.3 Å². The van der Waals surface area contributed by atoms with Crippen LogP contribution < -0.4 is 38.5 Å². The number of imidazole rings is 1. The molecule has 0 aliphatic carbocycles. The maximum Gasteiger partial charge on any atom is 0.243 e. The Balaban J connectivity index is 2.80. The molecule has 226 valence electrons. The van der Waals surface area contributed by atoms with Gasteiger partial charge in [0.05, 0.1) is 12.9 Å². The molecule has 0 radical (unpaired) electrons. The number of amides is 5. The average molecular weight is 566 g/mol. The molecular formula is C26H47N9O5. The third-order valence-corrected chi connectivity index (χ3v) is 6.27. The summed E-state index contributed by atoms with van der Waals surface area (Å²) in [5.74, 6) is -2.65. The molecule has 0 bridgehead atoms. The highest BCUT2D eigenvalue weighted by molar-refractivity contribution is 5.94. The van der Waals surface area contributed by atoms with Gasteiger partial charge in [-0.2, -0.15) is 0 Å². The monoisotopic (exact) mass is 565 g/mol. The number of unbranched alkanes of at least 4 members (excludes halogenated alkanes) is 4. The number of primary amides is 1. The Morgan fingerprint density at radius 1 is 0.825 bits per heavy atom. The Labute approximate surface area is 235 Å². The third-order valence-electron chi connectivity index (χ3n) is 6.27. The van der Waals surface area contributed by atoms with E-state index in [0.29, 0.717) is 63.7 Å². The Kier molecular flexibility index (Phi) is 17.6. The fourth-order valence-corrected chi connectivity index (χ4v) is 3.98. The lowest BCUT2D eigenvalue weighted by atomic mass is 10.1. The molecule has 1 aromatic heterocycles. The fraction of sp³-hybridized carbons (Fsp3) is 0.692. The van der Waals surface area contributed by atoms with E-state index in [-0.39, 0.29) is 12.3 Å². The minimum atomic E-state index is -1.07. The summed E-state index contributed by atoms with van der Waals surface area (Å²) in [6.07, 6.45) is 9.23. The van der Waals surface area contributed by atoms with Gasteiger partial charge in [-0.15, -0.1) is 0 Å². The number of nitrogens with zero attached hydrogens (tertiary/aromatic N) is 1. The summed E-state index contributed by atoms with van der Waals surface area (Å²) < 4.78 is 0. The summed E-state index contributed by atoms with van der Waals surface area (Å²) in [4.78, 5) is 69.6. The van der Waals surface area contributed by atoms with Crippen LogP contribution >= 0.6 is 0 Å². The van der Waals surface area contributed by atoms with Gasteiger partial charge >= 0.3 is 0 Å². The molecule has 0 saturated heterocycles. The SMILES string of the molecule is CCCCCC(=O)NC(CCCCN)C(=O)NCC(=O)NC(Cc1cnc[nH]1)C(=O)NC(CCCCN)C(N)=O. The van der Waals surface area contributed by atoms with E-state index in [4.69, 9.17) is 17.2 Å². The lowest BCUT2D eigenvalue weighted by Crippen LogP contribution is -2.55. The molecule has 0 saturated carbocycles. The van der Waals surface area contributed by atoms with Gasteiger partial charge in [-0.25, -0.2) is 4.98 Å². The van der Waals surface area contributed by atoms with Crippen LogP contribution in [0.3, 0.4) is 0 Å². The fourth-order valence-electron chi connectivity index (χ4n) is 3.98. The molecule has 40 heavy (non-hydrogen) atoms. The van der Waals surface area contributed by atoms with Crippen LogP contribution in [0.1, 0.15) is 76.8 Å². The first kappa shape index (κ1) is 34.5. The Bertz CT molecular complexity index is 910. The molecule has 14 nitrogen and oxygen atoms in total. The van der Waals surface area contributed by atoms with Gasteiger partial charge in [-0.05, 0) is 58.0 Å². The highest BCUT2D eigenvalue weighted by Crippen LogP contribution is 2.05. The van der Waals surface area contributed by atoms with E-state index in [1.54, 1.807) is 0 Å². The van der Waals surface area contributed by atoms with Crippen LogP contribution in [0.4, 0.5) is 0 Å². The van der Waals surface area contributed by atoms with Crippen LogP contribution in [-0.2, 0) is 30.4 Å². The van der Waals surface area contributed by atoms with Gasteiger partial charge in [-0.1, -0.05) is 19.8 Å². The zero-order valence-corrected chi connectivity index (χ0v) is 23.5. The lowest BCUT2D eigenvalue weighted by Gasteiger charge is -2.22. The van der Waals surface area contributed by atoms with Gasteiger partial charge in [0.25, 0.3) is 0 Å². The number of hydrogen-bond acceptors (Lipinski definition) is 8. The van der Waals surface area contributed by atoms with Crippen LogP contribution in [0.15, 0.2) is 12.5 Å². The maximum atomic E-state index is 13.0. The van der Waals surface area contributed by atoms with E-state index in [9.17, 15) is 24.0 Å². The summed E-state index contributed by atoms with van der Waals surface area (Å²) >= 11 is 0. The van der Waals surface area contributed by atoms with Crippen molar-refractivity contribution in [2.75, 3.05) is 19.6 Å². The maximum absolute atomic E-state index is 13.0. The minimum absolute atomic E-state index is 0.0648. The number of aromatic amines is 1. The van der Waals surface area contributed by atoms with Crippen molar-refractivity contribution < 1.29 is 24.0 Å². The Morgan fingerprint density at radius 3 is 2.05 bits per heavy atom. The van der Waals surface area contributed by atoms with Gasteiger partial charge in [0.15, 0.2) is 0 Å². The van der Waals surface area contributed by atoms with Gasteiger partial charge in [-0.3, -0.25) is 24.0 Å². The van der Waals surface area contributed by atoms with Crippen LogP contribution in [0.2, 0.25) is 0 Å². The second kappa shape index (κ2) is 20.4. The molecule has 0 spiro atoms. The first-order valence-electron chi connectivity index (χ1n) is 14.0. The van der Waals surface area contributed by atoms with Gasteiger partial charge in [0, 0.05) is 24.7 Å². The van der Waals surface area contributed by atoms with Crippen molar-refractivity contribution in [1.82, 2.24) is 31.2 Å². The standard InChI is InChI=1S/C26H47N9O5/c1-2-3-4-11-22(36)33-20(10-6-8-13-28)25(39)31-16-23(37)34-21(14-18-15-30-17-32-18)26(40)35-19(24(29)38)9-5-7-12-27/h15,17,19-21H,2-14,16,27-28H2,1H3,(H2,29,38)(H,30,32)(H,31,39)(H,33,36)(H,34,37)(H,35,40). The molecule has 1 aromatic rings. The number of nitrogens with one attached hydrogen (secondary N) is 5. The number of H-pyrrole nitrogens is 1. The summed E-state index contributed by atoms with van der Waals surface area (Å²) in [5, 5.41) is 10.5. The first-order chi connectivity index (χ1) is 19.2. The van der Waals surface area contributed by atoms with E-state index in [2.05, 4.69) is 31.2 Å². The molecule has 0 aromatic carbocycles. The van der Waals surface area contributed by atoms with Crippen molar-refractivity contribution in [1.29, 1.82) is 0 Å². The molecular weight excluding hydrogens is 518 g/mol. The Morgan fingerprint density at radius 2 is 1.48 bits per heavy atom. The molecule has 3 unspecified atom stereocenters. The predicted octanol–water partition coefficient (Wildman–Crippen LogP) is -1.15. The molecule has 11 N–H and O–H groups in total. The van der Waals surface area contributed by atoms with E-state index in [1.807, 2.05) is 6.92 Å². The zero-order valence-electron chi connectivity index (χ0n) is 23.5. The van der Waals surface area contributed by atoms with E-state index >= 15 is 0 Å². The zero-order chi connectivity index (χ0) is 29.8. The molecule has 1 heterocycles. The molecule has 0 aliphatic rings. The van der Waals surface area contributed by atoms with Crippen molar-refractivity contribution in [3.63, 3.8) is 0 Å². The van der Waals surface area contributed by atoms with Crippen LogP contribution in [0.5, 0.6) is 0 Å². The van der Waals surface area contributed by atoms with Crippen molar-refractivity contribution in [3.05, 3.63) is 18.2 Å². The van der Waals surface area contributed by atoms with Crippen LogP contribution in [0, 0.1) is 0 Å². The summed E-state index contributed by atoms with van der Waals surface area (Å²) in [6, 6.07) is -2.79. The summed E-state index contributed by atoms with van der Waals surface area (Å²) in [7, 11) is 0. The number of aromatic nitrogens is 2. The lowest BCUT2D eigenvalue weighted by molar-refractivity contribution is -0.132. The first-order valence-corrected chi connectivity index (χ1v) is 14.0. The van der Waals surface area contributed by atoms with E-state index in [0.717, 1.165) is 19.3 Å². The topological polar surface area (TPSA) is 240 Å². The summed E-state index contributed by atoms with van der Waals surface area (Å²) in [5.41, 5.74) is 17.1. The highest BCUT2D eigenvalue weighted by Gasteiger charge is 2.27. The number of carbonyl (C=O) groups excluding carboxylic acids is 5. The molecule has 0 aliphatic heterocycles. The number of rotatable bonds is 22. The van der Waals surface area contributed by atoms with Gasteiger partial charge in [0.1, 0.15) is 18.1 Å². The normalized spacial score (nSPS) is 13.1. The molecule has 5 amide bonds. The second-order valence-corrected chi connectivity index (χ2v) is 9.73. The average Bonchev–Trinajstić information content (AvgIpc) is 3.43. The third kappa shape index (κ3) is 14.6. The van der Waals surface area contributed by atoms with E-state index in [1.165, 1.54) is 12.5 Å². The largest absolute Gasteiger partial charge is 0.368 e. The van der Waals surface area contributed by atoms with Crippen LogP contribution in [0.25, 0.3) is 0 Å². The highest BCUT2D eigenvalue weighted by atomic mass is 16.2.